The van der Waals surface area contributed by atoms with E-state index in [0.717, 1.165) is 38.2 Å². The lowest BCUT2D eigenvalue weighted by molar-refractivity contribution is -0.140. The molecule has 6 heteroatoms. The molecule has 0 aliphatic heterocycles. The molecule has 2 heterocycles. The number of hydrogen-bond acceptors (Lipinski definition) is 2. The normalized spacial score (nSPS) is 18.2. The van der Waals surface area contributed by atoms with E-state index in [0.29, 0.717) is 5.52 Å². The van der Waals surface area contributed by atoms with E-state index >= 15 is 0 Å². The Bertz CT molecular complexity index is 630. The fraction of sp³-hybridized carbons (Fsp3) is 0.562. The smallest absolute Gasteiger partial charge is 0.387 e. The lowest BCUT2D eigenvalue weighted by Crippen LogP contribution is -2.22. The van der Waals surface area contributed by atoms with Gasteiger partial charge in [0, 0.05) is 0 Å². The largest absolute Gasteiger partial charge is 0.418 e. The van der Waals surface area contributed by atoms with Crippen LogP contribution in [0.25, 0.3) is 5.52 Å². The third kappa shape index (κ3) is 2.97. The second-order valence-electron chi connectivity index (χ2n) is 5.66. The van der Waals surface area contributed by atoms with Crippen molar-refractivity contribution in [3.8, 4) is 0 Å². The molecule has 3 nitrogen and oxygen atoms in total. The van der Waals surface area contributed by atoms with Crippen LogP contribution < -0.4 is 0 Å². The van der Waals surface area contributed by atoms with E-state index in [1.165, 1.54) is 23.0 Å². The predicted octanol–water partition coefficient (Wildman–Crippen LogP) is 4.60. The Morgan fingerprint density at radius 1 is 1.18 bits per heavy atom. The van der Waals surface area contributed by atoms with Crippen molar-refractivity contribution < 1.29 is 18.3 Å². The average Bonchev–Trinajstić information content (AvgIpc) is 2.94. The van der Waals surface area contributed by atoms with Gasteiger partial charge in [-0.25, -0.2) is 4.98 Å². The van der Waals surface area contributed by atoms with Crippen molar-refractivity contribution in [1.82, 2.24) is 9.38 Å². The number of halogens is 3. The summed E-state index contributed by atoms with van der Waals surface area (Å²) in [5.41, 5.74) is -0.289. The molecule has 1 unspecified atom stereocenters. The summed E-state index contributed by atoms with van der Waals surface area (Å²) in [4.78, 5) is 3.90. The molecule has 3 rings (SSSR count). The number of rotatable bonds is 2. The Morgan fingerprint density at radius 3 is 2.50 bits per heavy atom. The average molecular weight is 314 g/mol. The third-order valence-corrected chi connectivity index (χ3v) is 4.31. The van der Waals surface area contributed by atoms with E-state index in [-0.39, 0.29) is 19.0 Å². The zero-order valence-electron chi connectivity index (χ0n) is 11.5. The summed E-state index contributed by atoms with van der Waals surface area (Å²) in [5, 5.41) is 10.6. The molecule has 2 aromatic heterocycles. The standard InChI is InChI=1S/C15H17F3N2O.CH4/c16-15(17,18)12-7-6-11-8-19-9-20(11)13(12)14(21)10-4-2-1-3-5-10;/h6-10,14,21H,1-5H2;1H4. The predicted molar refractivity (Wildman–Crippen MR) is 78.5 cm³/mol. The Morgan fingerprint density at radius 2 is 1.86 bits per heavy atom. The molecule has 1 N–H and O–H groups in total. The molecule has 0 spiro atoms. The van der Waals surface area contributed by atoms with Crippen LogP contribution in [-0.2, 0) is 6.18 Å². The molecule has 1 atom stereocenters. The summed E-state index contributed by atoms with van der Waals surface area (Å²) in [6, 6.07) is 2.42. The van der Waals surface area contributed by atoms with Gasteiger partial charge < -0.3 is 5.11 Å². The van der Waals surface area contributed by atoms with Crippen LogP contribution in [-0.4, -0.2) is 14.5 Å². The summed E-state index contributed by atoms with van der Waals surface area (Å²) in [6.45, 7) is 0. The first-order valence-electron chi connectivity index (χ1n) is 7.18. The SMILES string of the molecule is C.OC(c1c(C(F)(F)F)ccc2cncn12)C1CCCCC1. The maximum Gasteiger partial charge on any atom is 0.418 e. The summed E-state index contributed by atoms with van der Waals surface area (Å²) in [6.07, 6.45) is 1.79. The maximum atomic E-state index is 13.3. The van der Waals surface area contributed by atoms with Crippen LogP contribution in [0.4, 0.5) is 13.2 Å². The maximum absolute atomic E-state index is 13.3. The van der Waals surface area contributed by atoms with E-state index in [1.54, 1.807) is 0 Å². The van der Waals surface area contributed by atoms with Crippen LogP contribution in [0, 0.1) is 5.92 Å². The van der Waals surface area contributed by atoms with Crippen LogP contribution in [0.2, 0.25) is 0 Å². The minimum Gasteiger partial charge on any atom is -0.387 e. The van der Waals surface area contributed by atoms with Gasteiger partial charge >= 0.3 is 6.18 Å². The molecule has 1 saturated carbocycles. The number of aliphatic hydroxyl groups is 1. The molecule has 0 saturated heterocycles. The zero-order chi connectivity index (χ0) is 15.0. The van der Waals surface area contributed by atoms with Crippen molar-refractivity contribution in [2.24, 2.45) is 5.92 Å². The number of hydrogen-bond donors (Lipinski definition) is 1. The Labute approximate surface area is 127 Å². The molecule has 122 valence electrons. The molecule has 22 heavy (non-hydrogen) atoms. The van der Waals surface area contributed by atoms with E-state index in [9.17, 15) is 18.3 Å². The lowest BCUT2D eigenvalue weighted by atomic mass is 9.83. The first-order valence-corrected chi connectivity index (χ1v) is 7.18. The van der Waals surface area contributed by atoms with Gasteiger partial charge in [0.2, 0.25) is 0 Å². The van der Waals surface area contributed by atoms with Gasteiger partial charge in [0.05, 0.1) is 35.4 Å². The number of aliphatic hydroxyl groups excluding tert-OH is 1. The molecule has 0 amide bonds. The minimum absolute atomic E-state index is 0. The van der Waals surface area contributed by atoms with Crippen LogP contribution >= 0.6 is 0 Å². The van der Waals surface area contributed by atoms with E-state index in [4.69, 9.17) is 0 Å². The minimum atomic E-state index is -4.48. The van der Waals surface area contributed by atoms with Gasteiger partial charge in [0.25, 0.3) is 0 Å². The van der Waals surface area contributed by atoms with E-state index in [2.05, 4.69) is 4.98 Å². The molecule has 2 aromatic rings. The highest BCUT2D eigenvalue weighted by molar-refractivity contribution is 5.49. The fourth-order valence-electron chi connectivity index (χ4n) is 3.23. The molecular weight excluding hydrogens is 293 g/mol. The van der Waals surface area contributed by atoms with Crippen LogP contribution in [0.1, 0.15) is 56.9 Å². The monoisotopic (exact) mass is 314 g/mol. The molecule has 1 aliphatic carbocycles. The van der Waals surface area contributed by atoms with Crippen molar-refractivity contribution in [2.45, 2.75) is 51.8 Å². The summed E-state index contributed by atoms with van der Waals surface area (Å²) >= 11 is 0. The highest BCUT2D eigenvalue weighted by Crippen LogP contribution is 2.40. The summed E-state index contributed by atoms with van der Waals surface area (Å²) in [7, 11) is 0. The first kappa shape index (κ1) is 16.8. The van der Waals surface area contributed by atoms with Gasteiger partial charge in [0.15, 0.2) is 0 Å². The quantitative estimate of drug-likeness (QED) is 0.879. The second kappa shape index (κ2) is 6.28. The van der Waals surface area contributed by atoms with Crippen molar-refractivity contribution >= 4 is 5.52 Å². The Kier molecular flexibility index (Phi) is 4.80. The number of pyridine rings is 1. The van der Waals surface area contributed by atoms with E-state index < -0.39 is 17.8 Å². The van der Waals surface area contributed by atoms with Gasteiger partial charge in [-0.2, -0.15) is 13.2 Å². The molecule has 1 fully saturated rings. The molecule has 0 aromatic carbocycles. The molecule has 0 bridgehead atoms. The molecule has 0 radical (unpaired) electrons. The highest BCUT2D eigenvalue weighted by atomic mass is 19.4. The Hall–Kier alpha value is -1.56. The van der Waals surface area contributed by atoms with E-state index in [1.807, 2.05) is 0 Å². The lowest BCUT2D eigenvalue weighted by Gasteiger charge is -2.29. The van der Waals surface area contributed by atoms with Crippen molar-refractivity contribution in [1.29, 1.82) is 0 Å². The van der Waals surface area contributed by atoms with Crippen LogP contribution in [0.3, 0.4) is 0 Å². The summed E-state index contributed by atoms with van der Waals surface area (Å²) < 4.78 is 41.2. The van der Waals surface area contributed by atoms with Crippen LogP contribution in [0.5, 0.6) is 0 Å². The van der Waals surface area contributed by atoms with Gasteiger partial charge in [-0.1, -0.05) is 26.7 Å². The van der Waals surface area contributed by atoms with Gasteiger partial charge in [-0.15, -0.1) is 0 Å². The van der Waals surface area contributed by atoms with Crippen molar-refractivity contribution in [2.75, 3.05) is 0 Å². The zero-order valence-corrected chi connectivity index (χ0v) is 11.5. The topological polar surface area (TPSA) is 37.5 Å². The first-order chi connectivity index (χ1) is 9.98. The second-order valence-corrected chi connectivity index (χ2v) is 5.66. The number of imidazole rings is 1. The Balaban J connectivity index is 0.00000176. The van der Waals surface area contributed by atoms with Crippen molar-refractivity contribution in [3.05, 3.63) is 35.9 Å². The molecular formula is C16H21F3N2O. The van der Waals surface area contributed by atoms with Crippen molar-refractivity contribution in [3.63, 3.8) is 0 Å². The fourth-order valence-corrected chi connectivity index (χ4v) is 3.23. The number of nitrogens with zero attached hydrogens (tertiary/aromatic N) is 2. The summed E-state index contributed by atoms with van der Waals surface area (Å²) in [5.74, 6) is -0.118. The number of alkyl halides is 3. The third-order valence-electron chi connectivity index (χ3n) is 4.31. The molecule has 1 aliphatic rings. The van der Waals surface area contributed by atoms with Gasteiger partial charge in [0.1, 0.15) is 0 Å². The number of aromatic nitrogens is 2. The van der Waals surface area contributed by atoms with Gasteiger partial charge in [-0.05, 0) is 30.9 Å². The highest BCUT2D eigenvalue weighted by Gasteiger charge is 2.38. The van der Waals surface area contributed by atoms with Crippen LogP contribution in [0.15, 0.2) is 24.7 Å². The van der Waals surface area contributed by atoms with Gasteiger partial charge in [-0.3, -0.25) is 4.40 Å². The number of fused-ring (bicyclic) bond motifs is 1.